The van der Waals surface area contributed by atoms with E-state index in [0.717, 1.165) is 18.9 Å². The molecule has 3 nitrogen and oxygen atoms in total. The summed E-state index contributed by atoms with van der Waals surface area (Å²) in [6, 6.07) is 3.68. The Balaban J connectivity index is 2.53. The Labute approximate surface area is 99.5 Å². The maximum absolute atomic E-state index is 13.1. The van der Waals surface area contributed by atoms with Crippen LogP contribution < -0.4 is 0 Å². The van der Waals surface area contributed by atoms with Gasteiger partial charge >= 0.3 is 5.97 Å². The van der Waals surface area contributed by atoms with Crippen molar-refractivity contribution in [3.05, 3.63) is 47.8 Å². The smallest absolute Gasteiger partial charge is 0.335 e. The highest BCUT2D eigenvalue weighted by Gasteiger charge is 2.06. The van der Waals surface area contributed by atoms with E-state index in [2.05, 4.69) is 6.58 Å². The number of ether oxygens (including phenoxy) is 1. The van der Waals surface area contributed by atoms with Gasteiger partial charge in [0.1, 0.15) is 5.82 Å². The van der Waals surface area contributed by atoms with Crippen molar-refractivity contribution in [2.75, 3.05) is 6.61 Å². The molecule has 1 N–H and O–H groups in total. The Hall–Kier alpha value is -1.68. The first-order valence-electron chi connectivity index (χ1n) is 5.35. The van der Waals surface area contributed by atoms with Crippen molar-refractivity contribution in [2.45, 2.75) is 19.4 Å². The highest BCUT2D eigenvalue weighted by Crippen LogP contribution is 2.10. The summed E-state index contributed by atoms with van der Waals surface area (Å²) < 4.78 is 18.4. The fourth-order valence-electron chi connectivity index (χ4n) is 1.38. The lowest BCUT2D eigenvalue weighted by molar-refractivity contribution is 0.0695. The van der Waals surface area contributed by atoms with Crippen molar-refractivity contribution in [1.29, 1.82) is 0 Å². The molecule has 0 aromatic heterocycles. The molecule has 0 saturated heterocycles. The molecule has 17 heavy (non-hydrogen) atoms. The molecule has 0 fully saturated rings. The number of carbonyl (C=O) groups is 1. The SMILES string of the molecule is C=CCCCOCc1cc(F)cc(C(=O)O)c1. The summed E-state index contributed by atoms with van der Waals surface area (Å²) in [5, 5.41) is 8.76. The van der Waals surface area contributed by atoms with E-state index in [9.17, 15) is 9.18 Å². The Morgan fingerprint density at radius 1 is 1.47 bits per heavy atom. The van der Waals surface area contributed by atoms with Crippen LogP contribution in [0, 0.1) is 5.82 Å². The molecule has 0 aliphatic rings. The number of benzene rings is 1. The number of unbranched alkanes of at least 4 members (excludes halogenated alkanes) is 1. The Kier molecular flexibility index (Phi) is 5.36. The molecule has 0 bridgehead atoms. The van der Waals surface area contributed by atoms with Gasteiger partial charge in [0, 0.05) is 6.61 Å². The van der Waals surface area contributed by atoms with Crippen molar-refractivity contribution in [1.82, 2.24) is 0 Å². The number of hydrogen-bond donors (Lipinski definition) is 1. The number of allylic oxidation sites excluding steroid dienone is 1. The molecule has 0 aliphatic carbocycles. The zero-order chi connectivity index (χ0) is 12.7. The standard InChI is InChI=1S/C13H15FO3/c1-2-3-4-5-17-9-10-6-11(13(15)16)8-12(14)7-10/h2,6-8H,1,3-5,9H2,(H,15,16). The third-order valence-corrected chi connectivity index (χ3v) is 2.17. The van der Waals surface area contributed by atoms with Crippen molar-refractivity contribution < 1.29 is 19.0 Å². The fraction of sp³-hybridized carbons (Fsp3) is 0.308. The van der Waals surface area contributed by atoms with Crippen LogP contribution in [-0.4, -0.2) is 17.7 Å². The Bertz CT molecular complexity index is 402. The van der Waals surface area contributed by atoms with Gasteiger partial charge in [-0.1, -0.05) is 6.08 Å². The van der Waals surface area contributed by atoms with Crippen molar-refractivity contribution in [2.24, 2.45) is 0 Å². The molecule has 92 valence electrons. The third-order valence-electron chi connectivity index (χ3n) is 2.17. The van der Waals surface area contributed by atoms with Crippen molar-refractivity contribution in [3.63, 3.8) is 0 Å². The van der Waals surface area contributed by atoms with Crippen LogP contribution in [0.2, 0.25) is 0 Å². The summed E-state index contributed by atoms with van der Waals surface area (Å²) in [6.45, 7) is 4.35. The van der Waals surface area contributed by atoms with E-state index in [1.54, 1.807) is 6.08 Å². The van der Waals surface area contributed by atoms with E-state index in [4.69, 9.17) is 9.84 Å². The van der Waals surface area contributed by atoms with E-state index in [1.807, 2.05) is 0 Å². The van der Waals surface area contributed by atoms with E-state index >= 15 is 0 Å². The lowest BCUT2D eigenvalue weighted by atomic mass is 10.1. The van der Waals surface area contributed by atoms with Gasteiger partial charge in [-0.15, -0.1) is 6.58 Å². The molecule has 0 spiro atoms. The normalized spacial score (nSPS) is 10.2. The highest BCUT2D eigenvalue weighted by molar-refractivity contribution is 5.87. The topological polar surface area (TPSA) is 46.5 Å². The van der Waals surface area contributed by atoms with E-state index in [0.29, 0.717) is 12.2 Å². The number of rotatable bonds is 7. The van der Waals surface area contributed by atoms with Crippen LogP contribution in [0.5, 0.6) is 0 Å². The summed E-state index contributed by atoms with van der Waals surface area (Å²) in [6.07, 6.45) is 3.52. The summed E-state index contributed by atoms with van der Waals surface area (Å²) in [5.74, 6) is -1.70. The monoisotopic (exact) mass is 238 g/mol. The predicted molar refractivity (Wildman–Crippen MR) is 62.4 cm³/mol. The minimum atomic E-state index is -1.14. The van der Waals surface area contributed by atoms with Gasteiger partial charge < -0.3 is 9.84 Å². The molecule has 0 amide bonds. The zero-order valence-corrected chi connectivity index (χ0v) is 9.49. The van der Waals surface area contributed by atoms with E-state index < -0.39 is 11.8 Å². The molecule has 1 aromatic carbocycles. The van der Waals surface area contributed by atoms with Gasteiger partial charge in [0.05, 0.1) is 12.2 Å². The van der Waals surface area contributed by atoms with Crippen molar-refractivity contribution >= 4 is 5.97 Å². The van der Waals surface area contributed by atoms with Crippen LogP contribution >= 0.6 is 0 Å². The molecule has 0 atom stereocenters. The second kappa shape index (κ2) is 6.81. The summed E-state index contributed by atoms with van der Waals surface area (Å²) in [4.78, 5) is 10.7. The molecular formula is C13H15FO3. The van der Waals surface area contributed by atoms with Crippen LogP contribution in [-0.2, 0) is 11.3 Å². The predicted octanol–water partition coefficient (Wildman–Crippen LogP) is 3.01. The van der Waals surface area contributed by atoms with Crippen molar-refractivity contribution in [3.8, 4) is 0 Å². The first kappa shape index (κ1) is 13.4. The summed E-state index contributed by atoms with van der Waals surface area (Å²) in [5.41, 5.74) is 0.468. The fourth-order valence-corrected chi connectivity index (χ4v) is 1.38. The van der Waals surface area contributed by atoms with Gasteiger partial charge in [0.15, 0.2) is 0 Å². The second-order valence-corrected chi connectivity index (χ2v) is 3.64. The Morgan fingerprint density at radius 2 is 2.24 bits per heavy atom. The molecule has 0 radical (unpaired) electrons. The van der Waals surface area contributed by atoms with E-state index in [1.165, 1.54) is 12.1 Å². The first-order chi connectivity index (χ1) is 8.13. The maximum Gasteiger partial charge on any atom is 0.335 e. The minimum absolute atomic E-state index is 0.0605. The second-order valence-electron chi connectivity index (χ2n) is 3.64. The number of hydrogen-bond acceptors (Lipinski definition) is 2. The minimum Gasteiger partial charge on any atom is -0.478 e. The largest absolute Gasteiger partial charge is 0.478 e. The Morgan fingerprint density at radius 3 is 2.88 bits per heavy atom. The molecule has 0 unspecified atom stereocenters. The molecule has 1 aromatic rings. The number of carboxylic acids is 1. The van der Waals surface area contributed by atoms with Gasteiger partial charge in [0.2, 0.25) is 0 Å². The van der Waals surface area contributed by atoms with Crippen LogP contribution in [0.25, 0.3) is 0 Å². The van der Waals surface area contributed by atoms with Crippen LogP contribution in [0.3, 0.4) is 0 Å². The van der Waals surface area contributed by atoms with E-state index in [-0.39, 0.29) is 12.2 Å². The molecule has 4 heteroatoms. The number of carboxylic acid groups (broad SMARTS) is 1. The lowest BCUT2D eigenvalue weighted by Gasteiger charge is -2.05. The number of aromatic carboxylic acids is 1. The van der Waals surface area contributed by atoms with Gasteiger partial charge in [-0.2, -0.15) is 0 Å². The molecule has 0 aliphatic heterocycles. The third kappa shape index (κ3) is 4.78. The lowest BCUT2D eigenvalue weighted by Crippen LogP contribution is -2.01. The van der Waals surface area contributed by atoms with Crippen LogP contribution in [0.4, 0.5) is 4.39 Å². The molecule has 0 saturated carbocycles. The van der Waals surface area contributed by atoms with Crippen LogP contribution in [0.1, 0.15) is 28.8 Å². The zero-order valence-electron chi connectivity index (χ0n) is 9.49. The average Bonchev–Trinajstić information content (AvgIpc) is 2.28. The highest BCUT2D eigenvalue weighted by atomic mass is 19.1. The molecule has 0 heterocycles. The van der Waals surface area contributed by atoms with Gasteiger partial charge in [-0.05, 0) is 36.6 Å². The molecule has 1 rings (SSSR count). The first-order valence-corrected chi connectivity index (χ1v) is 5.35. The van der Waals surface area contributed by atoms with Gasteiger partial charge in [-0.3, -0.25) is 0 Å². The molecular weight excluding hydrogens is 223 g/mol. The summed E-state index contributed by atoms with van der Waals surface area (Å²) in [7, 11) is 0. The van der Waals surface area contributed by atoms with Gasteiger partial charge in [-0.25, -0.2) is 9.18 Å². The van der Waals surface area contributed by atoms with Gasteiger partial charge in [0.25, 0.3) is 0 Å². The van der Waals surface area contributed by atoms with Crippen LogP contribution in [0.15, 0.2) is 30.9 Å². The number of halogens is 1. The maximum atomic E-state index is 13.1. The average molecular weight is 238 g/mol. The quantitative estimate of drug-likeness (QED) is 0.586. The summed E-state index contributed by atoms with van der Waals surface area (Å²) >= 11 is 0.